The van der Waals surface area contributed by atoms with E-state index in [1.807, 2.05) is 13.0 Å². The first-order valence-electron chi connectivity index (χ1n) is 6.13. The molecule has 1 aromatic heterocycles. The predicted molar refractivity (Wildman–Crippen MR) is 75.1 cm³/mol. The molecule has 3 N–H and O–H groups in total. The van der Waals surface area contributed by atoms with Gasteiger partial charge in [0.05, 0.1) is 5.69 Å². The number of aromatic amines is 1. The summed E-state index contributed by atoms with van der Waals surface area (Å²) in [6.45, 7) is 3.71. The Hall–Kier alpha value is -1.92. The SMILES string of the molecule is CC(c1ccc2c(c1)CNC2)c1[nH]nnc1C(=O)O.Cl. The zero-order valence-electron chi connectivity index (χ0n) is 10.9. The number of carbonyl (C=O) groups is 1. The van der Waals surface area contributed by atoms with Crippen LogP contribution in [0.4, 0.5) is 0 Å². The van der Waals surface area contributed by atoms with Gasteiger partial charge in [-0.05, 0) is 16.7 Å². The molecule has 1 aromatic carbocycles. The van der Waals surface area contributed by atoms with E-state index >= 15 is 0 Å². The quantitative estimate of drug-likeness (QED) is 0.801. The van der Waals surface area contributed by atoms with Crippen molar-refractivity contribution in [2.45, 2.75) is 25.9 Å². The van der Waals surface area contributed by atoms with Gasteiger partial charge in [-0.25, -0.2) is 4.79 Å². The summed E-state index contributed by atoms with van der Waals surface area (Å²) in [5.41, 5.74) is 4.17. The first-order valence-corrected chi connectivity index (χ1v) is 6.13. The zero-order chi connectivity index (χ0) is 13.4. The van der Waals surface area contributed by atoms with Crippen LogP contribution in [0, 0.1) is 0 Å². The molecule has 3 rings (SSSR count). The summed E-state index contributed by atoms with van der Waals surface area (Å²) in [7, 11) is 0. The van der Waals surface area contributed by atoms with E-state index in [1.54, 1.807) is 0 Å². The van der Waals surface area contributed by atoms with Crippen molar-refractivity contribution < 1.29 is 9.90 Å². The summed E-state index contributed by atoms with van der Waals surface area (Å²) < 4.78 is 0. The Morgan fingerprint density at radius 1 is 1.35 bits per heavy atom. The Balaban J connectivity index is 0.00000147. The van der Waals surface area contributed by atoms with Crippen LogP contribution in [0.1, 0.15) is 45.7 Å². The number of hydrogen-bond donors (Lipinski definition) is 3. The molecule has 6 nitrogen and oxygen atoms in total. The van der Waals surface area contributed by atoms with Gasteiger partial charge in [0.15, 0.2) is 5.69 Å². The standard InChI is InChI=1S/C13H14N4O2.ClH/c1-7(11-12(13(18)19)16-17-15-11)8-2-3-9-5-14-6-10(9)4-8;/h2-4,7,14H,5-6H2,1H3,(H,18,19)(H,15,16,17);1H. The van der Waals surface area contributed by atoms with E-state index in [0.717, 1.165) is 18.7 Å². The maximum atomic E-state index is 11.1. The fourth-order valence-electron chi connectivity index (χ4n) is 2.45. The van der Waals surface area contributed by atoms with E-state index in [-0.39, 0.29) is 24.0 Å². The lowest BCUT2D eigenvalue weighted by atomic mass is 9.93. The molecule has 0 saturated carbocycles. The highest BCUT2D eigenvalue weighted by Gasteiger charge is 2.22. The number of aromatic nitrogens is 3. The summed E-state index contributed by atoms with van der Waals surface area (Å²) >= 11 is 0. The van der Waals surface area contributed by atoms with Crippen molar-refractivity contribution in [1.82, 2.24) is 20.7 Å². The Morgan fingerprint density at radius 2 is 2.10 bits per heavy atom. The lowest BCUT2D eigenvalue weighted by Crippen LogP contribution is -2.06. The van der Waals surface area contributed by atoms with E-state index < -0.39 is 5.97 Å². The Labute approximate surface area is 122 Å². The van der Waals surface area contributed by atoms with Crippen LogP contribution in [0.3, 0.4) is 0 Å². The average Bonchev–Trinajstić information content (AvgIpc) is 3.05. The number of H-pyrrole nitrogens is 1. The predicted octanol–water partition coefficient (Wildman–Crippen LogP) is 1.68. The lowest BCUT2D eigenvalue weighted by Gasteiger charge is -2.11. The molecule has 2 aromatic rings. The summed E-state index contributed by atoms with van der Waals surface area (Å²) in [4.78, 5) is 11.1. The second kappa shape index (κ2) is 5.60. The topological polar surface area (TPSA) is 90.9 Å². The van der Waals surface area contributed by atoms with E-state index in [9.17, 15) is 4.79 Å². The number of hydrogen-bond acceptors (Lipinski definition) is 4. The van der Waals surface area contributed by atoms with Crippen molar-refractivity contribution in [2.75, 3.05) is 0 Å². The third-order valence-electron chi connectivity index (χ3n) is 3.57. The number of aromatic carboxylic acids is 1. The highest BCUT2D eigenvalue weighted by Crippen LogP contribution is 2.27. The van der Waals surface area contributed by atoms with Crippen molar-refractivity contribution in [1.29, 1.82) is 0 Å². The number of carboxylic acid groups (broad SMARTS) is 1. The Bertz CT molecular complexity index is 641. The molecule has 1 atom stereocenters. The minimum absolute atomic E-state index is 0. The molecule has 0 fully saturated rings. The summed E-state index contributed by atoms with van der Waals surface area (Å²) in [6.07, 6.45) is 0. The second-order valence-corrected chi connectivity index (χ2v) is 4.73. The summed E-state index contributed by atoms with van der Waals surface area (Å²) in [5, 5.41) is 22.3. The normalized spacial score (nSPS) is 14.4. The highest BCUT2D eigenvalue weighted by atomic mass is 35.5. The van der Waals surface area contributed by atoms with Gasteiger partial charge in [0.1, 0.15) is 0 Å². The Kier molecular flexibility index (Phi) is 4.06. The molecule has 1 aliphatic rings. The van der Waals surface area contributed by atoms with Crippen molar-refractivity contribution in [2.24, 2.45) is 0 Å². The monoisotopic (exact) mass is 294 g/mol. The molecule has 1 unspecified atom stereocenters. The average molecular weight is 295 g/mol. The zero-order valence-corrected chi connectivity index (χ0v) is 11.7. The van der Waals surface area contributed by atoms with E-state index in [4.69, 9.17) is 5.11 Å². The summed E-state index contributed by atoms with van der Waals surface area (Å²) in [6, 6.07) is 6.24. The van der Waals surface area contributed by atoms with Crippen LogP contribution in [0.5, 0.6) is 0 Å². The maximum absolute atomic E-state index is 11.1. The van der Waals surface area contributed by atoms with Gasteiger partial charge in [-0.15, -0.1) is 17.5 Å². The van der Waals surface area contributed by atoms with Crippen LogP contribution < -0.4 is 5.32 Å². The van der Waals surface area contributed by atoms with Gasteiger partial charge < -0.3 is 10.4 Å². The molecule has 106 valence electrons. The van der Waals surface area contributed by atoms with E-state index in [2.05, 4.69) is 32.9 Å². The Morgan fingerprint density at radius 3 is 2.85 bits per heavy atom. The number of halogens is 1. The van der Waals surface area contributed by atoms with Gasteiger partial charge in [-0.2, -0.15) is 0 Å². The number of fused-ring (bicyclic) bond motifs is 1. The van der Waals surface area contributed by atoms with E-state index in [0.29, 0.717) is 5.69 Å². The number of nitrogens with zero attached hydrogens (tertiary/aromatic N) is 2. The maximum Gasteiger partial charge on any atom is 0.358 e. The smallest absolute Gasteiger partial charge is 0.358 e. The van der Waals surface area contributed by atoms with Crippen LogP contribution in [-0.4, -0.2) is 26.5 Å². The van der Waals surface area contributed by atoms with Gasteiger partial charge in [-0.1, -0.05) is 30.3 Å². The minimum atomic E-state index is -1.06. The van der Waals surface area contributed by atoms with Gasteiger partial charge in [0.2, 0.25) is 0 Å². The molecule has 0 saturated heterocycles. The molecule has 1 aliphatic heterocycles. The fourth-order valence-corrected chi connectivity index (χ4v) is 2.45. The van der Waals surface area contributed by atoms with Gasteiger partial charge in [0, 0.05) is 19.0 Å². The van der Waals surface area contributed by atoms with Crippen LogP contribution in [0.25, 0.3) is 0 Å². The first-order chi connectivity index (χ1) is 9.16. The molecule has 20 heavy (non-hydrogen) atoms. The molecule has 0 spiro atoms. The van der Waals surface area contributed by atoms with Crippen molar-refractivity contribution in [3.63, 3.8) is 0 Å². The fraction of sp³-hybridized carbons (Fsp3) is 0.308. The molecule has 2 heterocycles. The van der Waals surface area contributed by atoms with Gasteiger partial charge >= 0.3 is 5.97 Å². The van der Waals surface area contributed by atoms with Gasteiger partial charge in [-0.3, -0.25) is 5.10 Å². The molecular weight excluding hydrogens is 280 g/mol. The molecular formula is C13H15ClN4O2. The van der Waals surface area contributed by atoms with Crippen LogP contribution in [-0.2, 0) is 13.1 Å². The van der Waals surface area contributed by atoms with Crippen LogP contribution >= 0.6 is 12.4 Å². The first kappa shape index (κ1) is 14.5. The van der Waals surface area contributed by atoms with Crippen LogP contribution in [0.2, 0.25) is 0 Å². The van der Waals surface area contributed by atoms with Gasteiger partial charge in [0.25, 0.3) is 0 Å². The highest BCUT2D eigenvalue weighted by molar-refractivity contribution is 5.86. The van der Waals surface area contributed by atoms with Crippen molar-refractivity contribution >= 4 is 18.4 Å². The molecule has 0 amide bonds. The number of benzene rings is 1. The third-order valence-corrected chi connectivity index (χ3v) is 3.57. The number of rotatable bonds is 3. The number of carboxylic acids is 1. The molecule has 0 aliphatic carbocycles. The molecule has 7 heteroatoms. The largest absolute Gasteiger partial charge is 0.476 e. The van der Waals surface area contributed by atoms with Crippen molar-refractivity contribution in [3.8, 4) is 0 Å². The lowest BCUT2D eigenvalue weighted by molar-refractivity contribution is 0.0689. The third kappa shape index (κ3) is 2.39. The van der Waals surface area contributed by atoms with E-state index in [1.165, 1.54) is 11.1 Å². The minimum Gasteiger partial charge on any atom is -0.476 e. The second-order valence-electron chi connectivity index (χ2n) is 4.73. The van der Waals surface area contributed by atoms with Crippen LogP contribution in [0.15, 0.2) is 18.2 Å². The molecule has 0 bridgehead atoms. The van der Waals surface area contributed by atoms with Crippen molar-refractivity contribution in [3.05, 3.63) is 46.3 Å². The molecule has 0 radical (unpaired) electrons. The number of nitrogens with one attached hydrogen (secondary N) is 2. The summed E-state index contributed by atoms with van der Waals surface area (Å²) in [5.74, 6) is -1.13.